The third-order valence-electron chi connectivity index (χ3n) is 4.10. The Morgan fingerprint density at radius 1 is 1.29 bits per heavy atom. The van der Waals surface area contributed by atoms with Crippen LogP contribution in [0.15, 0.2) is 29.4 Å². The number of sulfonamides is 1. The number of aliphatic imine (C=N–C) groups is 1. The minimum atomic E-state index is -3.23. The average molecular weight is 353 g/mol. The Bertz CT molecular complexity index is 615. The lowest BCUT2D eigenvalue weighted by atomic mass is 9.86. The SMILES string of the molecule is CN=C(NCCc1ccccn1)NCCS(=O)(=O)NCC1CCC1. The van der Waals surface area contributed by atoms with Gasteiger partial charge in [0.15, 0.2) is 5.96 Å². The molecule has 24 heavy (non-hydrogen) atoms. The van der Waals surface area contributed by atoms with Crippen LogP contribution in [0.25, 0.3) is 0 Å². The Morgan fingerprint density at radius 3 is 2.71 bits per heavy atom. The summed E-state index contributed by atoms with van der Waals surface area (Å²) in [5, 5.41) is 6.18. The molecule has 1 aromatic heterocycles. The van der Waals surface area contributed by atoms with E-state index in [1.165, 1.54) is 6.42 Å². The molecule has 2 rings (SSSR count). The van der Waals surface area contributed by atoms with Crippen LogP contribution in [0, 0.1) is 5.92 Å². The van der Waals surface area contributed by atoms with Crippen LogP contribution in [-0.2, 0) is 16.4 Å². The van der Waals surface area contributed by atoms with E-state index in [1.54, 1.807) is 13.2 Å². The van der Waals surface area contributed by atoms with Crippen LogP contribution in [0.2, 0.25) is 0 Å². The van der Waals surface area contributed by atoms with Crippen molar-refractivity contribution in [2.24, 2.45) is 10.9 Å². The van der Waals surface area contributed by atoms with Crippen molar-refractivity contribution in [1.29, 1.82) is 0 Å². The Labute approximate surface area is 144 Å². The Hall–Kier alpha value is -1.67. The topological polar surface area (TPSA) is 95.5 Å². The molecule has 0 unspecified atom stereocenters. The van der Waals surface area contributed by atoms with Crippen LogP contribution in [0.3, 0.4) is 0 Å². The Balaban J connectivity index is 1.61. The molecule has 3 N–H and O–H groups in total. The van der Waals surface area contributed by atoms with E-state index in [0.717, 1.165) is 25.0 Å². The highest BCUT2D eigenvalue weighted by Gasteiger charge is 2.19. The summed E-state index contributed by atoms with van der Waals surface area (Å²) in [7, 11) is -1.56. The molecular weight excluding hydrogens is 326 g/mol. The Kier molecular flexibility index (Phi) is 7.45. The van der Waals surface area contributed by atoms with E-state index >= 15 is 0 Å². The molecular formula is C16H27N5O2S. The van der Waals surface area contributed by atoms with Gasteiger partial charge in [0, 0.05) is 45.0 Å². The fourth-order valence-electron chi connectivity index (χ4n) is 2.39. The van der Waals surface area contributed by atoms with Crippen molar-refractivity contribution >= 4 is 16.0 Å². The molecule has 1 aliphatic carbocycles. The molecule has 0 radical (unpaired) electrons. The molecule has 0 atom stereocenters. The van der Waals surface area contributed by atoms with Gasteiger partial charge in [-0.25, -0.2) is 13.1 Å². The first kappa shape index (κ1) is 18.7. The van der Waals surface area contributed by atoms with Crippen molar-refractivity contribution in [2.45, 2.75) is 25.7 Å². The van der Waals surface area contributed by atoms with Gasteiger partial charge in [-0.15, -0.1) is 0 Å². The molecule has 0 amide bonds. The summed E-state index contributed by atoms with van der Waals surface area (Å²) in [4.78, 5) is 8.35. The molecule has 1 aromatic rings. The van der Waals surface area contributed by atoms with Crippen LogP contribution in [0.4, 0.5) is 0 Å². The normalized spacial score (nSPS) is 15.8. The maximum Gasteiger partial charge on any atom is 0.213 e. The van der Waals surface area contributed by atoms with Gasteiger partial charge in [-0.05, 0) is 30.9 Å². The van der Waals surface area contributed by atoms with E-state index < -0.39 is 10.0 Å². The van der Waals surface area contributed by atoms with Gasteiger partial charge in [-0.3, -0.25) is 9.98 Å². The average Bonchev–Trinajstić information content (AvgIpc) is 2.52. The fraction of sp³-hybridized carbons (Fsp3) is 0.625. The standard InChI is InChI=1S/C16H27N5O2S/c1-17-16(19-10-8-15-7-2-3-9-18-15)20-11-12-24(22,23)21-13-14-5-4-6-14/h2-3,7,9,14,21H,4-6,8,10-13H2,1H3,(H2,17,19,20). The number of nitrogens with one attached hydrogen (secondary N) is 3. The molecule has 1 aliphatic rings. The van der Waals surface area contributed by atoms with Crippen LogP contribution in [0.1, 0.15) is 25.0 Å². The first-order valence-corrected chi connectivity index (χ1v) is 10.1. The molecule has 0 saturated heterocycles. The zero-order valence-corrected chi connectivity index (χ0v) is 15.0. The highest BCUT2D eigenvalue weighted by Crippen LogP contribution is 2.25. The smallest absolute Gasteiger partial charge is 0.213 e. The van der Waals surface area contributed by atoms with Crippen LogP contribution in [0.5, 0.6) is 0 Å². The third-order valence-corrected chi connectivity index (χ3v) is 5.45. The number of hydrogen-bond acceptors (Lipinski definition) is 4. The van der Waals surface area contributed by atoms with Gasteiger partial charge < -0.3 is 10.6 Å². The summed E-state index contributed by atoms with van der Waals surface area (Å²) in [6.07, 6.45) is 6.03. The molecule has 134 valence electrons. The van der Waals surface area contributed by atoms with Crippen molar-refractivity contribution in [1.82, 2.24) is 20.3 Å². The lowest BCUT2D eigenvalue weighted by Gasteiger charge is -2.25. The summed E-state index contributed by atoms with van der Waals surface area (Å²) < 4.78 is 26.5. The predicted molar refractivity (Wildman–Crippen MR) is 96.4 cm³/mol. The zero-order valence-electron chi connectivity index (χ0n) is 14.2. The van der Waals surface area contributed by atoms with Gasteiger partial charge in [-0.1, -0.05) is 12.5 Å². The van der Waals surface area contributed by atoms with Gasteiger partial charge >= 0.3 is 0 Å². The van der Waals surface area contributed by atoms with E-state index in [-0.39, 0.29) is 5.75 Å². The van der Waals surface area contributed by atoms with Crippen molar-refractivity contribution in [3.8, 4) is 0 Å². The fourth-order valence-corrected chi connectivity index (χ4v) is 3.40. The zero-order chi connectivity index (χ0) is 17.3. The number of guanidine groups is 1. The molecule has 8 heteroatoms. The Morgan fingerprint density at radius 2 is 2.08 bits per heavy atom. The van der Waals surface area contributed by atoms with Gasteiger partial charge in [0.05, 0.1) is 5.75 Å². The molecule has 0 aromatic carbocycles. The minimum absolute atomic E-state index is 0.0423. The van der Waals surface area contributed by atoms with Crippen LogP contribution in [-0.4, -0.2) is 51.8 Å². The maximum absolute atomic E-state index is 11.9. The molecule has 7 nitrogen and oxygen atoms in total. The van der Waals surface area contributed by atoms with Gasteiger partial charge in [0.2, 0.25) is 10.0 Å². The van der Waals surface area contributed by atoms with E-state index in [2.05, 4.69) is 25.3 Å². The van der Waals surface area contributed by atoms with E-state index in [9.17, 15) is 8.42 Å². The summed E-state index contributed by atoms with van der Waals surface area (Å²) in [5.41, 5.74) is 1.00. The van der Waals surface area contributed by atoms with Crippen molar-refractivity contribution in [3.05, 3.63) is 30.1 Å². The maximum atomic E-state index is 11.9. The molecule has 1 fully saturated rings. The second-order valence-electron chi connectivity index (χ2n) is 5.96. The second-order valence-corrected chi connectivity index (χ2v) is 7.89. The summed E-state index contributed by atoms with van der Waals surface area (Å²) >= 11 is 0. The minimum Gasteiger partial charge on any atom is -0.356 e. The first-order chi connectivity index (χ1) is 11.6. The lowest BCUT2D eigenvalue weighted by Crippen LogP contribution is -2.42. The predicted octanol–water partition coefficient (Wildman–Crippen LogP) is 0.509. The monoisotopic (exact) mass is 353 g/mol. The number of nitrogens with zero attached hydrogens (tertiary/aromatic N) is 2. The molecule has 1 heterocycles. The third kappa shape index (κ3) is 6.84. The van der Waals surface area contributed by atoms with Crippen molar-refractivity contribution in [2.75, 3.05) is 32.4 Å². The summed E-state index contributed by atoms with van der Waals surface area (Å²) in [6.45, 7) is 1.58. The van der Waals surface area contributed by atoms with E-state index in [4.69, 9.17) is 0 Å². The van der Waals surface area contributed by atoms with Crippen molar-refractivity contribution < 1.29 is 8.42 Å². The lowest BCUT2D eigenvalue weighted by molar-refractivity contribution is 0.316. The summed E-state index contributed by atoms with van der Waals surface area (Å²) in [6, 6.07) is 5.81. The number of hydrogen-bond donors (Lipinski definition) is 3. The van der Waals surface area contributed by atoms with E-state index in [0.29, 0.717) is 31.5 Å². The highest BCUT2D eigenvalue weighted by molar-refractivity contribution is 7.89. The van der Waals surface area contributed by atoms with Crippen molar-refractivity contribution in [3.63, 3.8) is 0 Å². The highest BCUT2D eigenvalue weighted by atomic mass is 32.2. The van der Waals surface area contributed by atoms with E-state index in [1.807, 2.05) is 18.2 Å². The molecule has 0 bridgehead atoms. The van der Waals surface area contributed by atoms with Gasteiger partial charge in [0.1, 0.15) is 0 Å². The number of aromatic nitrogens is 1. The van der Waals surface area contributed by atoms with Crippen LogP contribution >= 0.6 is 0 Å². The molecule has 0 aliphatic heterocycles. The van der Waals surface area contributed by atoms with Gasteiger partial charge in [-0.2, -0.15) is 0 Å². The molecule has 0 spiro atoms. The largest absolute Gasteiger partial charge is 0.356 e. The second kappa shape index (κ2) is 9.58. The number of rotatable bonds is 9. The first-order valence-electron chi connectivity index (χ1n) is 8.41. The summed E-state index contributed by atoms with van der Waals surface area (Å²) in [5.74, 6) is 1.16. The quantitative estimate of drug-likeness (QED) is 0.444. The van der Waals surface area contributed by atoms with Crippen LogP contribution < -0.4 is 15.4 Å². The molecule has 1 saturated carbocycles. The number of pyridine rings is 1. The van der Waals surface area contributed by atoms with Gasteiger partial charge in [0.25, 0.3) is 0 Å².